The summed E-state index contributed by atoms with van der Waals surface area (Å²) in [6.45, 7) is 1.25. The maximum Gasteiger partial charge on any atom is 0.0916 e. The number of alkyl halides is 1. The average molecular weight is 194 g/mol. The molecule has 0 unspecified atom stereocenters. The summed E-state index contributed by atoms with van der Waals surface area (Å²) in [5, 5.41) is 0. The third-order valence-electron chi connectivity index (χ3n) is 0.684. The van der Waals surface area contributed by atoms with E-state index in [-0.39, 0.29) is 31.5 Å². The summed E-state index contributed by atoms with van der Waals surface area (Å²) < 4.78 is 16.2. The molecule has 0 fully saturated rings. The third-order valence-corrected chi connectivity index (χ3v) is 0.684. The third kappa shape index (κ3) is 15.8. The van der Waals surface area contributed by atoms with Crippen LogP contribution in [0, 0.1) is 0 Å². The second-order valence-corrected chi connectivity index (χ2v) is 1.44. The van der Waals surface area contributed by atoms with Crippen molar-refractivity contribution >= 4 is 24.8 Å². The first-order valence-corrected chi connectivity index (χ1v) is 2.75. The van der Waals surface area contributed by atoms with Gasteiger partial charge in [0.1, 0.15) is 0 Å². The van der Waals surface area contributed by atoms with Crippen LogP contribution in [-0.2, 0) is 4.74 Å². The largest absolute Gasteiger partial charge is 0.380 e. The molecule has 0 heterocycles. The van der Waals surface area contributed by atoms with Gasteiger partial charge in [-0.2, -0.15) is 0 Å². The summed E-state index contributed by atoms with van der Waals surface area (Å²) >= 11 is 0. The van der Waals surface area contributed by atoms with Gasteiger partial charge in [0.15, 0.2) is 0 Å². The average Bonchev–Trinajstić information content (AvgIpc) is 1.81. The Morgan fingerprint density at radius 1 is 1.20 bits per heavy atom. The molecule has 66 valence electrons. The first-order chi connectivity index (χ1) is 3.91. The van der Waals surface area contributed by atoms with Crippen LogP contribution in [0.4, 0.5) is 4.39 Å². The predicted octanol–water partition coefficient (Wildman–Crippen LogP) is 1.16. The van der Waals surface area contributed by atoms with E-state index in [1.54, 1.807) is 0 Å². The van der Waals surface area contributed by atoms with Crippen LogP contribution in [0.5, 0.6) is 0 Å². The second-order valence-electron chi connectivity index (χ2n) is 1.44. The zero-order valence-corrected chi connectivity index (χ0v) is 7.35. The van der Waals surface area contributed by atoms with Gasteiger partial charge in [-0.25, -0.2) is 0 Å². The Bertz CT molecular complexity index is 44.6. The lowest BCUT2D eigenvalue weighted by Gasteiger charge is -1.96. The van der Waals surface area contributed by atoms with E-state index in [4.69, 9.17) is 10.5 Å². The molecule has 0 aliphatic rings. The quantitative estimate of drug-likeness (QED) is 0.666. The number of rotatable bonds is 5. The van der Waals surface area contributed by atoms with Crippen LogP contribution in [0.3, 0.4) is 0 Å². The number of nitrogens with two attached hydrogens (primary N) is 1. The Morgan fingerprint density at radius 2 is 1.80 bits per heavy atom. The standard InChI is InChI=1S/C5H12FNO.2ClH/c6-2-1-4-8-5-3-7;;/h1-5,7H2;2*1H. The first-order valence-electron chi connectivity index (χ1n) is 2.75. The molecule has 10 heavy (non-hydrogen) atoms. The molecular formula is C5H14Cl2FNO. The lowest BCUT2D eigenvalue weighted by Crippen LogP contribution is -2.09. The lowest BCUT2D eigenvalue weighted by atomic mass is 10.5. The minimum Gasteiger partial charge on any atom is -0.380 e. The molecule has 0 aromatic rings. The van der Waals surface area contributed by atoms with Crippen LogP contribution >= 0.6 is 24.8 Å². The topological polar surface area (TPSA) is 35.2 Å². The van der Waals surface area contributed by atoms with Gasteiger partial charge in [-0.05, 0) is 6.42 Å². The van der Waals surface area contributed by atoms with Gasteiger partial charge >= 0.3 is 0 Å². The van der Waals surface area contributed by atoms with Crippen molar-refractivity contribution in [2.75, 3.05) is 26.4 Å². The number of halogens is 3. The molecule has 0 amide bonds. The van der Waals surface area contributed by atoms with Gasteiger partial charge in [-0.1, -0.05) is 0 Å². The molecular weight excluding hydrogens is 180 g/mol. The fourth-order valence-electron chi connectivity index (χ4n) is 0.342. The lowest BCUT2D eigenvalue weighted by molar-refractivity contribution is 0.133. The van der Waals surface area contributed by atoms with E-state index in [1.165, 1.54) is 0 Å². The summed E-state index contributed by atoms with van der Waals surface area (Å²) in [7, 11) is 0. The van der Waals surface area contributed by atoms with Crippen molar-refractivity contribution in [3.63, 3.8) is 0 Å². The highest BCUT2D eigenvalue weighted by atomic mass is 35.5. The minimum atomic E-state index is -0.301. The van der Waals surface area contributed by atoms with Crippen molar-refractivity contribution in [1.29, 1.82) is 0 Å². The molecule has 0 aromatic heterocycles. The Kier molecular flexibility index (Phi) is 27.2. The second kappa shape index (κ2) is 16.2. The summed E-state index contributed by atoms with van der Waals surface area (Å²) in [4.78, 5) is 0. The van der Waals surface area contributed by atoms with E-state index < -0.39 is 0 Å². The molecule has 0 rings (SSSR count). The predicted molar refractivity (Wildman–Crippen MR) is 45.0 cm³/mol. The van der Waals surface area contributed by atoms with Gasteiger partial charge in [-0.3, -0.25) is 4.39 Å². The molecule has 5 heteroatoms. The Morgan fingerprint density at radius 3 is 2.20 bits per heavy atom. The number of hydrogen-bond donors (Lipinski definition) is 1. The van der Waals surface area contributed by atoms with Gasteiger partial charge in [-0.15, -0.1) is 24.8 Å². The summed E-state index contributed by atoms with van der Waals surface area (Å²) in [6, 6.07) is 0. The highest BCUT2D eigenvalue weighted by molar-refractivity contribution is 5.85. The van der Waals surface area contributed by atoms with Gasteiger partial charge in [0.05, 0.1) is 13.3 Å². The molecule has 2 N–H and O–H groups in total. The van der Waals surface area contributed by atoms with Crippen LogP contribution < -0.4 is 5.73 Å². The van der Waals surface area contributed by atoms with E-state index in [2.05, 4.69) is 0 Å². The Balaban J connectivity index is -0.000000245. The molecule has 0 spiro atoms. The van der Waals surface area contributed by atoms with E-state index >= 15 is 0 Å². The molecule has 0 aliphatic heterocycles. The first kappa shape index (κ1) is 16.8. The SMILES string of the molecule is Cl.Cl.NCCOCCCF. The normalized spacial score (nSPS) is 7.80. The molecule has 0 bridgehead atoms. The zero-order chi connectivity index (χ0) is 6.24. The van der Waals surface area contributed by atoms with Crippen LogP contribution in [0.2, 0.25) is 0 Å². The van der Waals surface area contributed by atoms with E-state index in [9.17, 15) is 4.39 Å². The maximum atomic E-state index is 11.3. The van der Waals surface area contributed by atoms with E-state index in [1.807, 2.05) is 0 Å². The molecule has 0 aromatic carbocycles. The van der Waals surface area contributed by atoms with Gasteiger partial charge in [0, 0.05) is 13.2 Å². The smallest absolute Gasteiger partial charge is 0.0916 e. The molecule has 0 saturated carbocycles. The molecule has 0 radical (unpaired) electrons. The van der Waals surface area contributed by atoms with Gasteiger partial charge in [0.25, 0.3) is 0 Å². The Hall–Kier alpha value is 0.430. The fourth-order valence-corrected chi connectivity index (χ4v) is 0.342. The minimum absolute atomic E-state index is 0. The summed E-state index contributed by atoms with van der Waals surface area (Å²) in [5.41, 5.74) is 5.09. The van der Waals surface area contributed by atoms with E-state index in [0.717, 1.165) is 0 Å². The van der Waals surface area contributed by atoms with Crippen molar-refractivity contribution in [2.45, 2.75) is 6.42 Å². The molecule has 2 nitrogen and oxygen atoms in total. The van der Waals surface area contributed by atoms with Crippen LogP contribution in [-0.4, -0.2) is 26.4 Å². The molecule has 0 aliphatic carbocycles. The fraction of sp³-hybridized carbons (Fsp3) is 1.00. The Labute approximate surface area is 73.1 Å². The van der Waals surface area contributed by atoms with Gasteiger partial charge < -0.3 is 10.5 Å². The maximum absolute atomic E-state index is 11.3. The number of hydrogen-bond acceptors (Lipinski definition) is 2. The zero-order valence-electron chi connectivity index (χ0n) is 5.72. The van der Waals surface area contributed by atoms with E-state index in [0.29, 0.717) is 26.2 Å². The summed E-state index contributed by atoms with van der Waals surface area (Å²) in [6.07, 6.45) is 0.486. The molecule has 0 saturated heterocycles. The summed E-state index contributed by atoms with van der Waals surface area (Å²) in [5.74, 6) is 0. The van der Waals surface area contributed by atoms with Crippen molar-refractivity contribution in [1.82, 2.24) is 0 Å². The van der Waals surface area contributed by atoms with Crippen LogP contribution in [0.1, 0.15) is 6.42 Å². The molecule has 0 atom stereocenters. The monoisotopic (exact) mass is 193 g/mol. The van der Waals surface area contributed by atoms with Gasteiger partial charge in [0.2, 0.25) is 0 Å². The highest BCUT2D eigenvalue weighted by Crippen LogP contribution is 1.81. The highest BCUT2D eigenvalue weighted by Gasteiger charge is 1.83. The van der Waals surface area contributed by atoms with Crippen molar-refractivity contribution in [3.05, 3.63) is 0 Å². The number of ether oxygens (including phenoxy) is 1. The van der Waals surface area contributed by atoms with Crippen molar-refractivity contribution in [3.8, 4) is 0 Å². The van der Waals surface area contributed by atoms with Crippen molar-refractivity contribution in [2.24, 2.45) is 5.73 Å². The van der Waals surface area contributed by atoms with Crippen molar-refractivity contribution < 1.29 is 9.13 Å². The van der Waals surface area contributed by atoms with Crippen LogP contribution in [0.15, 0.2) is 0 Å². The van der Waals surface area contributed by atoms with Crippen LogP contribution in [0.25, 0.3) is 0 Å².